The van der Waals surface area contributed by atoms with Gasteiger partial charge in [-0.1, -0.05) is 12.1 Å². The number of carbonyl (C=O) groups is 4. The van der Waals surface area contributed by atoms with Gasteiger partial charge in [0.15, 0.2) is 0 Å². The monoisotopic (exact) mass is 593 g/mol. The second kappa shape index (κ2) is 10.6. The van der Waals surface area contributed by atoms with Crippen LogP contribution in [0.4, 0.5) is 5.69 Å². The van der Waals surface area contributed by atoms with Crippen molar-refractivity contribution in [3.8, 4) is 0 Å². The first-order chi connectivity index (χ1) is 20.0. The van der Waals surface area contributed by atoms with E-state index in [-0.39, 0.29) is 23.8 Å². The van der Waals surface area contributed by atoms with Crippen molar-refractivity contribution in [3.63, 3.8) is 0 Å². The van der Waals surface area contributed by atoms with E-state index in [2.05, 4.69) is 0 Å². The zero-order valence-corrected chi connectivity index (χ0v) is 24.3. The van der Waals surface area contributed by atoms with Crippen molar-refractivity contribution in [2.24, 2.45) is 28.3 Å². The summed E-state index contributed by atoms with van der Waals surface area (Å²) in [5.74, 6) is 0.139. The first-order valence-electron chi connectivity index (χ1n) is 14.5. The van der Waals surface area contributed by atoms with Gasteiger partial charge in [-0.15, -0.1) is 0 Å². The average Bonchev–Trinajstić information content (AvgIpc) is 3.25. The van der Waals surface area contributed by atoms with Crippen molar-refractivity contribution in [1.29, 1.82) is 0 Å². The Labute approximate surface area is 245 Å². The fourth-order valence-corrected chi connectivity index (χ4v) is 8.68. The Hall–Kier alpha value is -3.57. The van der Waals surface area contributed by atoms with Crippen LogP contribution in [0, 0.1) is 23.2 Å². The van der Waals surface area contributed by atoms with Crippen molar-refractivity contribution in [3.05, 3.63) is 59.7 Å². The molecule has 10 nitrogen and oxygen atoms in total. The molecule has 2 aromatic rings. The lowest BCUT2D eigenvalue weighted by Crippen LogP contribution is -2.58. The van der Waals surface area contributed by atoms with E-state index < -0.39 is 39.3 Å². The average molecular weight is 594 g/mol. The van der Waals surface area contributed by atoms with Gasteiger partial charge in [0.1, 0.15) is 6.04 Å². The van der Waals surface area contributed by atoms with E-state index in [1.165, 1.54) is 43.5 Å². The number of ether oxygens (including phenoxy) is 1. The Morgan fingerprint density at radius 3 is 2.05 bits per heavy atom. The summed E-state index contributed by atoms with van der Waals surface area (Å²) in [6, 6.07) is 11.3. The standard InChI is InChI=1S/C31H35N3O7S/c1-41-29(37)23-4-6-24(7-5-23)34-27(35)15-26(28(34)36)33(11-10-19-2-8-25(9-3-19)42(32,39)40)30(38)31-16-20-12-21(17-31)14-22(13-20)18-31/h2-9,20-22,26H,10-18H2,1H3,(H2,32,39,40). The minimum absolute atomic E-state index is 0.00169. The van der Waals surface area contributed by atoms with Gasteiger partial charge >= 0.3 is 5.97 Å². The molecule has 2 N–H and O–H groups in total. The molecule has 0 spiro atoms. The number of rotatable bonds is 8. The molecule has 0 radical (unpaired) electrons. The summed E-state index contributed by atoms with van der Waals surface area (Å²) >= 11 is 0. The molecule has 5 aliphatic rings. The molecule has 0 aromatic heterocycles. The van der Waals surface area contributed by atoms with E-state index in [0.717, 1.165) is 49.0 Å². The molecule has 4 aliphatic carbocycles. The molecule has 4 bridgehead atoms. The van der Waals surface area contributed by atoms with Crippen molar-refractivity contribution in [1.82, 2.24) is 4.90 Å². The zero-order chi connectivity index (χ0) is 29.8. The summed E-state index contributed by atoms with van der Waals surface area (Å²) in [6.45, 7) is 0.216. The van der Waals surface area contributed by atoms with Gasteiger partial charge in [-0.3, -0.25) is 14.4 Å². The number of nitrogens with two attached hydrogens (primary N) is 1. The number of sulfonamides is 1. The molecular formula is C31H35N3O7S. The van der Waals surface area contributed by atoms with Crippen LogP contribution < -0.4 is 10.0 Å². The Morgan fingerprint density at radius 2 is 1.52 bits per heavy atom. The van der Waals surface area contributed by atoms with Gasteiger partial charge in [0.05, 0.1) is 35.1 Å². The highest BCUT2D eigenvalue weighted by Gasteiger charge is 2.57. The Kier molecular flexibility index (Phi) is 7.21. The zero-order valence-electron chi connectivity index (χ0n) is 23.5. The van der Waals surface area contributed by atoms with Gasteiger partial charge in [0, 0.05) is 6.54 Å². The number of carbonyl (C=O) groups excluding carboxylic acids is 4. The highest BCUT2D eigenvalue weighted by Crippen LogP contribution is 2.60. The van der Waals surface area contributed by atoms with Gasteiger partial charge in [-0.25, -0.2) is 23.3 Å². The number of esters is 1. The highest BCUT2D eigenvalue weighted by molar-refractivity contribution is 7.89. The van der Waals surface area contributed by atoms with Crippen LogP contribution in [0.1, 0.15) is 60.9 Å². The number of imide groups is 1. The summed E-state index contributed by atoms with van der Waals surface area (Å²) in [4.78, 5) is 56.3. The van der Waals surface area contributed by atoms with Crippen molar-refractivity contribution in [2.45, 2.75) is 62.3 Å². The lowest BCUT2D eigenvalue weighted by molar-refractivity contribution is -0.161. The molecule has 11 heteroatoms. The van der Waals surface area contributed by atoms with E-state index in [4.69, 9.17) is 9.88 Å². The molecule has 1 unspecified atom stereocenters. The second-order valence-electron chi connectivity index (χ2n) is 12.5. The van der Waals surface area contributed by atoms with Crippen LogP contribution in [0.3, 0.4) is 0 Å². The molecular weight excluding hydrogens is 558 g/mol. The van der Waals surface area contributed by atoms with E-state index in [1.807, 2.05) is 0 Å². The molecule has 1 heterocycles. The third kappa shape index (κ3) is 5.13. The molecule has 4 saturated carbocycles. The number of nitrogens with zero attached hydrogens (tertiary/aromatic N) is 2. The highest BCUT2D eigenvalue weighted by atomic mass is 32.2. The smallest absolute Gasteiger partial charge is 0.337 e. The number of anilines is 1. The maximum absolute atomic E-state index is 14.5. The molecule has 1 aliphatic heterocycles. The van der Waals surface area contributed by atoms with Crippen LogP contribution in [-0.2, 0) is 35.6 Å². The fourth-order valence-electron chi connectivity index (χ4n) is 8.17. The molecule has 42 heavy (non-hydrogen) atoms. The predicted molar refractivity (Wildman–Crippen MR) is 153 cm³/mol. The quantitative estimate of drug-likeness (QED) is 0.366. The minimum atomic E-state index is -3.84. The first-order valence-corrected chi connectivity index (χ1v) is 16.0. The summed E-state index contributed by atoms with van der Waals surface area (Å²) in [7, 11) is -2.56. The van der Waals surface area contributed by atoms with Crippen molar-refractivity contribution < 1.29 is 32.3 Å². The molecule has 7 rings (SSSR count). The lowest BCUT2D eigenvalue weighted by atomic mass is 9.49. The lowest BCUT2D eigenvalue weighted by Gasteiger charge is -2.57. The van der Waals surface area contributed by atoms with Gasteiger partial charge in [0.2, 0.25) is 21.8 Å². The van der Waals surface area contributed by atoms with E-state index in [1.54, 1.807) is 17.0 Å². The number of primary sulfonamides is 1. The topological polar surface area (TPSA) is 144 Å². The summed E-state index contributed by atoms with van der Waals surface area (Å²) in [6.07, 6.45) is 6.23. The third-order valence-corrected chi connectivity index (χ3v) is 10.6. The fraction of sp³-hybridized carbons (Fsp3) is 0.484. The first kappa shape index (κ1) is 28.5. The number of hydrogen-bond acceptors (Lipinski definition) is 7. The van der Waals surface area contributed by atoms with E-state index in [0.29, 0.717) is 35.4 Å². The Morgan fingerprint density at radius 1 is 0.952 bits per heavy atom. The largest absolute Gasteiger partial charge is 0.465 e. The summed E-state index contributed by atoms with van der Waals surface area (Å²) in [5.41, 5.74) is 0.910. The number of hydrogen-bond donors (Lipinski definition) is 1. The van der Waals surface area contributed by atoms with Gasteiger partial charge in [0.25, 0.3) is 5.91 Å². The van der Waals surface area contributed by atoms with Crippen molar-refractivity contribution >= 4 is 39.4 Å². The molecule has 1 atom stereocenters. The molecule has 5 fully saturated rings. The van der Waals surface area contributed by atoms with Crippen LogP contribution in [0.15, 0.2) is 53.4 Å². The second-order valence-corrected chi connectivity index (χ2v) is 14.0. The minimum Gasteiger partial charge on any atom is -0.465 e. The molecule has 1 saturated heterocycles. The van der Waals surface area contributed by atoms with E-state index in [9.17, 15) is 27.6 Å². The van der Waals surface area contributed by atoms with Gasteiger partial charge < -0.3 is 9.64 Å². The van der Waals surface area contributed by atoms with Gasteiger partial charge in [-0.2, -0.15) is 0 Å². The Balaban J connectivity index is 1.28. The van der Waals surface area contributed by atoms with Gasteiger partial charge in [-0.05, 0) is 105 Å². The number of methoxy groups -OCH3 is 1. The van der Waals surface area contributed by atoms with Crippen LogP contribution in [0.2, 0.25) is 0 Å². The van der Waals surface area contributed by atoms with Crippen LogP contribution >= 0.6 is 0 Å². The van der Waals surface area contributed by atoms with Crippen molar-refractivity contribution in [2.75, 3.05) is 18.6 Å². The number of amides is 3. The Bertz CT molecular complexity index is 1500. The maximum Gasteiger partial charge on any atom is 0.337 e. The normalized spacial score (nSPS) is 28.3. The van der Waals surface area contributed by atoms with Crippen LogP contribution in [0.25, 0.3) is 0 Å². The third-order valence-electron chi connectivity index (χ3n) is 9.69. The van der Waals surface area contributed by atoms with Crippen LogP contribution in [-0.4, -0.2) is 56.7 Å². The molecule has 222 valence electrons. The number of benzene rings is 2. The summed E-state index contributed by atoms with van der Waals surface area (Å²) in [5, 5.41) is 5.24. The van der Waals surface area contributed by atoms with E-state index >= 15 is 0 Å². The maximum atomic E-state index is 14.5. The molecule has 3 amide bonds. The predicted octanol–water partition coefficient (Wildman–Crippen LogP) is 3.04. The summed E-state index contributed by atoms with van der Waals surface area (Å²) < 4.78 is 28.1. The van der Waals surface area contributed by atoms with Crippen LogP contribution in [0.5, 0.6) is 0 Å². The SMILES string of the molecule is COC(=O)c1ccc(N2C(=O)CC(N(CCc3ccc(S(N)(=O)=O)cc3)C(=O)C34CC5CC(CC(C5)C3)C4)C2=O)cc1. The molecule has 2 aromatic carbocycles.